The average Bonchev–Trinajstić information content (AvgIpc) is 3.50. The van der Waals surface area contributed by atoms with Crippen molar-refractivity contribution in [2.24, 2.45) is 5.92 Å². The largest absolute Gasteiger partial charge is 0.586 e. The van der Waals surface area contributed by atoms with Crippen molar-refractivity contribution >= 4 is 5.97 Å². The number of hydrogen-bond acceptors (Lipinski definition) is 7. The molecule has 0 spiro atoms. The van der Waals surface area contributed by atoms with Gasteiger partial charge >= 0.3 is 18.4 Å². The highest BCUT2D eigenvalue weighted by atomic mass is 19.4. The number of carboxylic acid groups (broad SMARTS) is 1. The Morgan fingerprint density at radius 2 is 1.84 bits per heavy atom. The number of carboxylic acids is 1. The zero-order chi connectivity index (χ0) is 30.5. The fourth-order valence-electron chi connectivity index (χ4n) is 5.94. The Morgan fingerprint density at radius 1 is 1.09 bits per heavy atom. The normalized spacial score (nSPS) is 23.4. The number of rotatable bonds is 7. The number of carbonyl (C=O) groups is 1. The van der Waals surface area contributed by atoms with Gasteiger partial charge in [0.05, 0.1) is 23.4 Å². The molecule has 43 heavy (non-hydrogen) atoms. The van der Waals surface area contributed by atoms with Gasteiger partial charge in [0.1, 0.15) is 12.2 Å². The molecule has 0 radical (unpaired) electrons. The number of alkyl halides is 5. The van der Waals surface area contributed by atoms with E-state index in [0.29, 0.717) is 49.8 Å². The van der Waals surface area contributed by atoms with Gasteiger partial charge in [0.25, 0.3) is 0 Å². The van der Waals surface area contributed by atoms with Gasteiger partial charge in [0.2, 0.25) is 5.88 Å². The van der Waals surface area contributed by atoms with Crippen LogP contribution in [0.15, 0.2) is 36.5 Å². The Labute approximate surface area is 242 Å². The summed E-state index contributed by atoms with van der Waals surface area (Å²) in [6.07, 6.45) is -5.64. The maximum absolute atomic E-state index is 14.1. The second kappa shape index (κ2) is 11.0. The third-order valence-corrected chi connectivity index (χ3v) is 8.03. The van der Waals surface area contributed by atoms with Crippen molar-refractivity contribution < 1.29 is 50.8 Å². The molecule has 6 rings (SSSR count). The van der Waals surface area contributed by atoms with Crippen molar-refractivity contribution in [3.8, 4) is 23.1 Å². The second-order valence-corrected chi connectivity index (χ2v) is 10.9. The molecule has 0 amide bonds. The third kappa shape index (κ3) is 5.97. The highest BCUT2D eigenvalue weighted by molar-refractivity contribution is 5.70. The summed E-state index contributed by atoms with van der Waals surface area (Å²) in [5.41, 5.74) is 0.164. The van der Waals surface area contributed by atoms with Crippen LogP contribution in [0.1, 0.15) is 80.2 Å². The van der Waals surface area contributed by atoms with Gasteiger partial charge in [-0.1, -0.05) is 6.07 Å². The van der Waals surface area contributed by atoms with Crippen molar-refractivity contribution in [2.45, 2.75) is 82.7 Å². The molecule has 9 nitrogen and oxygen atoms in total. The lowest BCUT2D eigenvalue weighted by molar-refractivity contribution is -0.286. The molecule has 1 saturated carbocycles. The lowest BCUT2D eigenvalue weighted by Crippen LogP contribution is -2.29. The molecule has 3 aromatic rings. The molecule has 14 heteroatoms. The van der Waals surface area contributed by atoms with Gasteiger partial charge in [-0.25, -0.2) is 9.67 Å². The lowest BCUT2D eigenvalue weighted by Gasteiger charge is -2.32. The van der Waals surface area contributed by atoms with Crippen LogP contribution < -0.4 is 14.2 Å². The standard InChI is InChI=1S/C29H28F5N3O6/c1-15(17-7-10-21-23(13-17)43-29(33,34)42-21)40-24-14-18(11-12-35-24)37-25-20(26(36-37)28(30,31)32)3-2-4-22(25)41-19-8-5-16(6-9-19)27(38)39/h7,10-16,19,22H,2-6,8-9H2,1H3,(H,38,39)/t15?,16?,19?,22-/m1/s1. The Bertz CT molecular complexity index is 1520. The van der Waals surface area contributed by atoms with E-state index in [0.717, 1.165) is 0 Å². The number of pyridine rings is 1. The first-order valence-electron chi connectivity index (χ1n) is 14.0. The van der Waals surface area contributed by atoms with Crippen LogP contribution in [-0.2, 0) is 22.1 Å². The molecule has 2 aliphatic carbocycles. The number of fused-ring (bicyclic) bond motifs is 2. The number of nitrogens with zero attached hydrogens (tertiary/aromatic N) is 3. The monoisotopic (exact) mass is 609 g/mol. The van der Waals surface area contributed by atoms with Crippen molar-refractivity contribution in [1.29, 1.82) is 0 Å². The van der Waals surface area contributed by atoms with Gasteiger partial charge < -0.3 is 24.1 Å². The summed E-state index contributed by atoms with van der Waals surface area (Å²) >= 11 is 0. The van der Waals surface area contributed by atoms with Crippen LogP contribution in [0.3, 0.4) is 0 Å². The summed E-state index contributed by atoms with van der Waals surface area (Å²) in [5, 5.41) is 13.3. The SMILES string of the molecule is CC(Oc1cc(-n2nc(C(F)(F)F)c3c2[C@H](OC2CCC(C(=O)O)CC2)CCC3)ccn1)c1ccc2c(c1)OC(F)(F)O2. The van der Waals surface area contributed by atoms with Crippen LogP contribution in [0.2, 0.25) is 0 Å². The molecule has 0 saturated heterocycles. The van der Waals surface area contributed by atoms with Gasteiger partial charge in [0.15, 0.2) is 17.2 Å². The van der Waals surface area contributed by atoms with Crippen LogP contribution >= 0.6 is 0 Å². The number of ether oxygens (including phenoxy) is 4. The molecule has 3 aliphatic rings. The first-order chi connectivity index (χ1) is 20.4. The molecule has 1 unspecified atom stereocenters. The van der Waals surface area contributed by atoms with Gasteiger partial charge in [0, 0.05) is 17.8 Å². The molecular formula is C29H28F5N3O6. The molecule has 0 bridgehead atoms. The minimum atomic E-state index is -4.69. The summed E-state index contributed by atoms with van der Waals surface area (Å²) in [6.45, 7) is 1.66. The van der Waals surface area contributed by atoms with Crippen LogP contribution in [0.4, 0.5) is 22.0 Å². The number of benzene rings is 1. The third-order valence-electron chi connectivity index (χ3n) is 8.03. The molecule has 1 aliphatic heterocycles. The first-order valence-corrected chi connectivity index (χ1v) is 14.0. The molecule has 1 aromatic carbocycles. The number of aliphatic carboxylic acids is 1. The van der Waals surface area contributed by atoms with E-state index < -0.39 is 42.3 Å². The zero-order valence-corrected chi connectivity index (χ0v) is 22.9. The fraction of sp³-hybridized carbons (Fsp3) is 0.483. The predicted octanol–water partition coefficient (Wildman–Crippen LogP) is 6.79. The molecule has 1 N–H and O–H groups in total. The zero-order valence-electron chi connectivity index (χ0n) is 22.9. The van der Waals surface area contributed by atoms with Gasteiger partial charge in [-0.15, -0.1) is 8.78 Å². The van der Waals surface area contributed by atoms with Crippen LogP contribution in [0.5, 0.6) is 17.4 Å². The van der Waals surface area contributed by atoms with E-state index in [4.69, 9.17) is 9.47 Å². The summed E-state index contributed by atoms with van der Waals surface area (Å²) in [4.78, 5) is 15.5. The summed E-state index contributed by atoms with van der Waals surface area (Å²) < 4.78 is 91.6. The maximum atomic E-state index is 14.1. The van der Waals surface area contributed by atoms with Crippen molar-refractivity contribution in [1.82, 2.24) is 14.8 Å². The van der Waals surface area contributed by atoms with Crippen molar-refractivity contribution in [3.05, 3.63) is 59.0 Å². The van der Waals surface area contributed by atoms with E-state index in [1.54, 1.807) is 6.92 Å². The molecule has 230 valence electrons. The van der Waals surface area contributed by atoms with Crippen molar-refractivity contribution in [3.63, 3.8) is 0 Å². The Kier molecular flexibility index (Phi) is 7.43. The van der Waals surface area contributed by atoms with Crippen LogP contribution in [-0.4, -0.2) is 38.2 Å². The quantitative estimate of drug-likeness (QED) is 0.292. The maximum Gasteiger partial charge on any atom is 0.586 e. The first kappa shape index (κ1) is 29.1. The Balaban J connectivity index is 1.27. The van der Waals surface area contributed by atoms with Gasteiger partial charge in [-0.2, -0.15) is 18.3 Å². The highest BCUT2D eigenvalue weighted by Gasteiger charge is 2.44. The Hall–Kier alpha value is -3.94. The molecule has 1 fully saturated rings. The molecule has 2 aromatic heterocycles. The number of aromatic nitrogens is 3. The molecule has 2 atom stereocenters. The van der Waals surface area contributed by atoms with Crippen LogP contribution in [0, 0.1) is 5.92 Å². The molecular weight excluding hydrogens is 581 g/mol. The predicted molar refractivity (Wildman–Crippen MR) is 138 cm³/mol. The van der Waals surface area contributed by atoms with E-state index >= 15 is 0 Å². The number of hydrogen-bond donors (Lipinski definition) is 1. The smallest absolute Gasteiger partial charge is 0.481 e. The average molecular weight is 610 g/mol. The van der Waals surface area contributed by atoms with E-state index in [1.165, 1.54) is 41.2 Å². The van der Waals surface area contributed by atoms with Gasteiger partial charge in [-0.05, 0) is 75.6 Å². The molecule has 3 heterocycles. The topological polar surface area (TPSA) is 105 Å². The summed E-state index contributed by atoms with van der Waals surface area (Å²) in [5.74, 6) is -1.48. The fourth-order valence-corrected chi connectivity index (χ4v) is 5.94. The second-order valence-electron chi connectivity index (χ2n) is 10.9. The minimum absolute atomic E-state index is 0.0751. The Morgan fingerprint density at radius 3 is 2.56 bits per heavy atom. The van der Waals surface area contributed by atoms with Crippen LogP contribution in [0.25, 0.3) is 5.69 Å². The number of halogens is 5. The van der Waals surface area contributed by atoms with E-state index in [-0.39, 0.29) is 41.2 Å². The minimum Gasteiger partial charge on any atom is -0.481 e. The van der Waals surface area contributed by atoms with E-state index in [1.807, 2.05) is 0 Å². The summed E-state index contributed by atoms with van der Waals surface area (Å²) in [7, 11) is 0. The lowest BCUT2D eigenvalue weighted by atomic mass is 9.87. The van der Waals surface area contributed by atoms with E-state index in [2.05, 4.69) is 19.6 Å². The summed E-state index contributed by atoms with van der Waals surface area (Å²) in [6, 6.07) is 7.18. The van der Waals surface area contributed by atoms with Gasteiger partial charge in [-0.3, -0.25) is 4.79 Å². The van der Waals surface area contributed by atoms with E-state index in [9.17, 15) is 31.9 Å². The van der Waals surface area contributed by atoms with Crippen molar-refractivity contribution in [2.75, 3.05) is 0 Å². The highest BCUT2D eigenvalue weighted by Crippen LogP contribution is 2.44.